The van der Waals surface area contributed by atoms with Gasteiger partial charge in [0, 0.05) is 32.4 Å². The minimum absolute atomic E-state index is 0.400. The highest BCUT2D eigenvalue weighted by Crippen LogP contribution is 2.57. The number of aromatic amines is 1. The van der Waals surface area contributed by atoms with Crippen LogP contribution in [-0.4, -0.2) is 48.2 Å². The first-order chi connectivity index (χ1) is 12.3. The van der Waals surface area contributed by atoms with Gasteiger partial charge in [-0.3, -0.25) is 18.9 Å². The molecule has 2 aliphatic heterocycles. The summed E-state index contributed by atoms with van der Waals surface area (Å²) < 4.78 is 30.1. The first kappa shape index (κ1) is 19.9. The van der Waals surface area contributed by atoms with Gasteiger partial charge >= 0.3 is 12.4 Å². The van der Waals surface area contributed by atoms with E-state index in [1.165, 1.54) is 25.0 Å². The monoisotopic (exact) mass is 406 g/mol. The number of nitrogens with one attached hydrogen (secondary N) is 1. The Bertz CT molecular complexity index is 832. The number of rotatable bonds is 6. The van der Waals surface area contributed by atoms with Crippen LogP contribution in [0.3, 0.4) is 0 Å². The second-order valence-electron chi connectivity index (χ2n) is 6.33. The molecule has 3 heterocycles. The Morgan fingerprint density at radius 1 is 1.42 bits per heavy atom. The Hall–Kier alpha value is -0.870. The van der Waals surface area contributed by atoms with Gasteiger partial charge in [-0.25, -0.2) is 4.79 Å². The molecule has 1 aromatic heterocycles. The van der Waals surface area contributed by atoms with Crippen LogP contribution >= 0.6 is 6.72 Å². The topological polar surface area (TPSA) is 101 Å². The van der Waals surface area contributed by atoms with E-state index < -0.39 is 42.0 Å². The summed E-state index contributed by atoms with van der Waals surface area (Å²) in [5.41, 5.74) is -1.28. The highest BCUT2D eigenvalue weighted by atomic mass is 32.5. The Morgan fingerprint density at radius 3 is 2.73 bits per heavy atom. The van der Waals surface area contributed by atoms with Crippen molar-refractivity contribution in [2.45, 2.75) is 50.7 Å². The van der Waals surface area contributed by atoms with E-state index in [4.69, 9.17) is 34.9 Å². The molecule has 4 atom stereocenters. The second kappa shape index (κ2) is 7.27. The van der Waals surface area contributed by atoms with E-state index in [-0.39, 0.29) is 0 Å². The van der Waals surface area contributed by atoms with E-state index in [1.54, 1.807) is 6.92 Å². The molecule has 0 aromatic carbocycles. The predicted octanol–water partition coefficient (Wildman–Crippen LogP) is 1.21. The van der Waals surface area contributed by atoms with Crippen molar-refractivity contribution in [2.75, 3.05) is 20.8 Å². The average molecular weight is 406 g/mol. The zero-order valence-corrected chi connectivity index (χ0v) is 16.8. The minimum Gasteiger partial charge on any atom is -0.371 e. The fourth-order valence-electron chi connectivity index (χ4n) is 3.47. The maximum Gasteiger partial charge on any atom is 0.330 e. The van der Waals surface area contributed by atoms with Crippen LogP contribution in [0.1, 0.15) is 31.6 Å². The molecule has 0 radical (unpaired) electrons. The number of hydrogen-bond donors (Lipinski definition) is 1. The highest BCUT2D eigenvalue weighted by molar-refractivity contribution is 8.07. The van der Waals surface area contributed by atoms with E-state index in [1.807, 2.05) is 6.92 Å². The quantitative estimate of drug-likeness (QED) is 0.704. The number of ether oxygens (including phenoxy) is 2. The fourth-order valence-corrected chi connectivity index (χ4v) is 4.66. The van der Waals surface area contributed by atoms with Crippen LogP contribution in [0, 0.1) is 6.92 Å². The predicted molar refractivity (Wildman–Crippen MR) is 96.7 cm³/mol. The van der Waals surface area contributed by atoms with Crippen molar-refractivity contribution in [2.24, 2.45) is 0 Å². The van der Waals surface area contributed by atoms with Gasteiger partial charge in [0.2, 0.25) is 0 Å². The van der Waals surface area contributed by atoms with Crippen molar-refractivity contribution < 1.29 is 23.0 Å². The van der Waals surface area contributed by atoms with Crippen LogP contribution in [0.25, 0.3) is 0 Å². The first-order valence-corrected chi connectivity index (χ1v) is 10.9. The standard InChI is InChI=1S/C15H23N2O7PS/c1-5-15-6-7-22-10(11(15)24-25(26,20-3)21-4)13(23-15)17-8-9(2)12(18)16-14(17)19/h8,10-11,13H,5-7H2,1-4H3,(H,16,18,19)/t10?,11?,13-,15+/m1/s1. The average Bonchev–Trinajstić information content (AvgIpc) is 2.79. The van der Waals surface area contributed by atoms with E-state index in [0.29, 0.717) is 25.0 Å². The molecule has 0 aliphatic carbocycles. The molecule has 146 valence electrons. The molecule has 26 heavy (non-hydrogen) atoms. The van der Waals surface area contributed by atoms with Crippen LogP contribution in [0.2, 0.25) is 0 Å². The third kappa shape index (κ3) is 3.24. The van der Waals surface area contributed by atoms with E-state index in [2.05, 4.69) is 4.98 Å². The number of fused-ring (bicyclic) bond motifs is 2. The lowest BCUT2D eigenvalue weighted by atomic mass is 9.87. The lowest BCUT2D eigenvalue weighted by Gasteiger charge is -2.39. The molecule has 2 bridgehead atoms. The zero-order chi connectivity index (χ0) is 19.1. The largest absolute Gasteiger partial charge is 0.371 e. The maximum atomic E-state index is 12.3. The van der Waals surface area contributed by atoms with E-state index in [0.717, 1.165) is 0 Å². The number of H-pyrrole nitrogens is 1. The summed E-state index contributed by atoms with van der Waals surface area (Å²) in [6.07, 6.45) is 0.798. The number of nitrogens with zero attached hydrogens (tertiary/aromatic N) is 1. The van der Waals surface area contributed by atoms with Gasteiger partial charge < -0.3 is 18.5 Å². The van der Waals surface area contributed by atoms with Gasteiger partial charge in [-0.1, -0.05) is 6.92 Å². The van der Waals surface area contributed by atoms with Crippen molar-refractivity contribution in [1.29, 1.82) is 0 Å². The SMILES string of the molecule is CC[C@]12CCOC(C1OP(=S)(OC)OC)[C@H](n1cc(C)c(=O)[nH]c1=O)O2. The third-order valence-corrected chi connectivity index (χ3v) is 7.53. The van der Waals surface area contributed by atoms with Gasteiger partial charge in [-0.05, 0) is 25.2 Å². The fraction of sp³-hybridized carbons (Fsp3) is 0.733. The second-order valence-corrected chi connectivity index (χ2v) is 9.51. The van der Waals surface area contributed by atoms with Crippen molar-refractivity contribution >= 4 is 18.5 Å². The summed E-state index contributed by atoms with van der Waals surface area (Å²) in [5.74, 6) is 0. The molecule has 2 unspecified atom stereocenters. The van der Waals surface area contributed by atoms with Gasteiger partial charge in [-0.15, -0.1) is 0 Å². The Labute approximate surface area is 155 Å². The van der Waals surface area contributed by atoms with Gasteiger partial charge in [-0.2, -0.15) is 0 Å². The lowest BCUT2D eigenvalue weighted by molar-refractivity contribution is -0.117. The van der Waals surface area contributed by atoms with Gasteiger partial charge in [0.25, 0.3) is 5.56 Å². The molecule has 0 spiro atoms. The highest BCUT2D eigenvalue weighted by Gasteiger charge is 2.60. The van der Waals surface area contributed by atoms with E-state index in [9.17, 15) is 9.59 Å². The molecule has 2 fully saturated rings. The molecule has 1 aromatic rings. The smallest absolute Gasteiger partial charge is 0.330 e. The summed E-state index contributed by atoms with van der Waals surface area (Å²) in [4.78, 5) is 26.3. The van der Waals surface area contributed by atoms with E-state index >= 15 is 0 Å². The molecule has 0 saturated carbocycles. The van der Waals surface area contributed by atoms with Crippen LogP contribution in [0.4, 0.5) is 0 Å². The molecular formula is C15H23N2O7PS. The van der Waals surface area contributed by atoms with Crippen molar-refractivity contribution in [3.05, 3.63) is 32.6 Å². The Balaban J connectivity index is 2.03. The summed E-state index contributed by atoms with van der Waals surface area (Å²) in [6, 6.07) is 0. The minimum atomic E-state index is -2.96. The number of aromatic nitrogens is 2. The van der Waals surface area contributed by atoms with Crippen LogP contribution in [-0.2, 0) is 34.9 Å². The van der Waals surface area contributed by atoms with Crippen LogP contribution in [0.5, 0.6) is 0 Å². The molecular weight excluding hydrogens is 383 g/mol. The molecule has 0 amide bonds. The van der Waals surface area contributed by atoms with Gasteiger partial charge in [0.15, 0.2) is 6.23 Å². The first-order valence-electron chi connectivity index (χ1n) is 8.30. The molecule has 9 nitrogen and oxygen atoms in total. The van der Waals surface area contributed by atoms with Crippen molar-refractivity contribution in [1.82, 2.24) is 9.55 Å². The van der Waals surface area contributed by atoms with Gasteiger partial charge in [0.1, 0.15) is 17.8 Å². The zero-order valence-electron chi connectivity index (χ0n) is 15.1. The summed E-state index contributed by atoms with van der Waals surface area (Å²) in [6.45, 7) is 1.11. The molecule has 11 heteroatoms. The normalized spacial score (nSPS) is 31.3. The van der Waals surface area contributed by atoms with Crippen LogP contribution in [0.15, 0.2) is 15.8 Å². The van der Waals surface area contributed by atoms with Crippen molar-refractivity contribution in [3.63, 3.8) is 0 Å². The molecule has 2 aliphatic rings. The third-order valence-electron chi connectivity index (χ3n) is 5.00. The molecule has 2 saturated heterocycles. The van der Waals surface area contributed by atoms with Gasteiger partial charge in [0.05, 0.1) is 6.61 Å². The summed E-state index contributed by atoms with van der Waals surface area (Å²) in [7, 11) is 2.87. The Kier molecular flexibility index (Phi) is 5.56. The van der Waals surface area contributed by atoms with Crippen LogP contribution < -0.4 is 11.2 Å². The van der Waals surface area contributed by atoms with Crippen molar-refractivity contribution in [3.8, 4) is 0 Å². The number of hydrogen-bond acceptors (Lipinski definition) is 8. The lowest BCUT2D eigenvalue weighted by Crippen LogP contribution is -2.50. The Morgan fingerprint density at radius 2 is 2.12 bits per heavy atom. The molecule has 1 N–H and O–H groups in total. The number of aryl methyl sites for hydroxylation is 1. The summed E-state index contributed by atoms with van der Waals surface area (Å²) in [5, 5.41) is 0. The maximum absolute atomic E-state index is 12.3. The summed E-state index contributed by atoms with van der Waals surface area (Å²) >= 11 is 5.35. The molecule has 3 rings (SSSR count).